The van der Waals surface area contributed by atoms with Gasteiger partial charge in [-0.05, 0) is 12.1 Å². The van der Waals surface area contributed by atoms with Crippen molar-refractivity contribution in [3.8, 4) is 12.1 Å². The van der Waals surface area contributed by atoms with E-state index in [0.717, 1.165) is 5.69 Å². The summed E-state index contributed by atoms with van der Waals surface area (Å²) in [4.78, 5) is 0. The van der Waals surface area contributed by atoms with Gasteiger partial charge in [0.05, 0.1) is 0 Å². The summed E-state index contributed by atoms with van der Waals surface area (Å²) in [6.45, 7) is 0. The van der Waals surface area contributed by atoms with Crippen molar-refractivity contribution >= 4 is 5.69 Å². The second kappa shape index (κ2) is 3.41. The summed E-state index contributed by atoms with van der Waals surface area (Å²) in [5.41, 5.74) is 5.91. The molecule has 2 nitrogen and oxygen atoms in total. The van der Waals surface area contributed by atoms with Gasteiger partial charge in [0, 0.05) is 17.8 Å². The third-order valence-corrected chi connectivity index (χ3v) is 1.05. The number of benzene rings is 1. The van der Waals surface area contributed by atoms with Crippen LogP contribution in [-0.4, -0.2) is 0 Å². The highest BCUT2D eigenvalue weighted by Crippen LogP contribution is 2.02. The van der Waals surface area contributed by atoms with Gasteiger partial charge in [-0.2, -0.15) is 0 Å². The van der Waals surface area contributed by atoms with Crippen molar-refractivity contribution in [1.82, 2.24) is 0 Å². The molecule has 0 radical (unpaired) electrons. The molecule has 0 heterocycles. The predicted molar refractivity (Wildman–Crippen MR) is 42.0 cm³/mol. The van der Waals surface area contributed by atoms with E-state index in [2.05, 4.69) is 17.4 Å². The average molecular weight is 132 g/mol. The first-order valence-corrected chi connectivity index (χ1v) is 2.95. The molecule has 1 aromatic rings. The number of hydrogen-bond acceptors (Lipinski definition) is 2. The molecule has 50 valence electrons. The fraction of sp³-hybridized carbons (Fsp3) is 0. The van der Waals surface area contributed by atoms with Crippen molar-refractivity contribution in [1.29, 1.82) is 0 Å². The highest BCUT2D eigenvalue weighted by atomic mass is 14.8. The lowest BCUT2D eigenvalue weighted by Crippen LogP contribution is -1.88. The van der Waals surface area contributed by atoms with E-state index in [4.69, 9.17) is 5.73 Å². The Kier molecular flexibility index (Phi) is 2.22. The zero-order valence-electron chi connectivity index (χ0n) is 5.46. The third kappa shape index (κ3) is 1.71. The minimum Gasteiger partial charge on any atom is -0.358 e. The monoisotopic (exact) mass is 132 g/mol. The molecular formula is C8H8N2. The summed E-state index contributed by atoms with van der Waals surface area (Å²) in [6.07, 6.45) is 0. The zero-order chi connectivity index (χ0) is 7.23. The molecule has 0 saturated carbocycles. The summed E-state index contributed by atoms with van der Waals surface area (Å²) in [6, 6.07) is 14.4. The Balaban J connectivity index is 2.64. The van der Waals surface area contributed by atoms with E-state index in [1.807, 2.05) is 30.3 Å². The van der Waals surface area contributed by atoms with Crippen LogP contribution in [-0.2, 0) is 0 Å². The lowest BCUT2D eigenvalue weighted by molar-refractivity contribution is 1.61. The van der Waals surface area contributed by atoms with Gasteiger partial charge >= 0.3 is 0 Å². The minimum atomic E-state index is 0.959. The van der Waals surface area contributed by atoms with E-state index in [9.17, 15) is 0 Å². The summed E-state index contributed by atoms with van der Waals surface area (Å²) >= 11 is 0. The molecule has 1 aromatic carbocycles. The first-order valence-electron chi connectivity index (χ1n) is 2.95. The minimum absolute atomic E-state index is 0.959. The first kappa shape index (κ1) is 6.50. The van der Waals surface area contributed by atoms with E-state index >= 15 is 0 Å². The summed E-state index contributed by atoms with van der Waals surface area (Å²) in [5, 5.41) is 2.81. The van der Waals surface area contributed by atoms with Gasteiger partial charge in [0.15, 0.2) is 0 Å². The van der Waals surface area contributed by atoms with Crippen molar-refractivity contribution in [2.24, 2.45) is 5.73 Å². The van der Waals surface area contributed by atoms with Crippen LogP contribution in [0.1, 0.15) is 0 Å². The number of nitrogens with two attached hydrogens (primary N) is 1. The molecule has 0 amide bonds. The van der Waals surface area contributed by atoms with Crippen LogP contribution in [0, 0.1) is 12.1 Å². The quantitative estimate of drug-likeness (QED) is 0.441. The van der Waals surface area contributed by atoms with E-state index < -0.39 is 0 Å². The van der Waals surface area contributed by atoms with Gasteiger partial charge in [0.2, 0.25) is 0 Å². The molecule has 0 aromatic heterocycles. The predicted octanol–water partition coefficient (Wildman–Crippen LogP) is 0.976. The van der Waals surface area contributed by atoms with E-state index in [1.54, 1.807) is 0 Å². The highest BCUT2D eigenvalue weighted by Gasteiger charge is 1.80. The molecule has 2 heteroatoms. The molecule has 0 spiro atoms. The Hall–Kier alpha value is -1.62. The van der Waals surface area contributed by atoms with Crippen LogP contribution in [0.2, 0.25) is 0 Å². The van der Waals surface area contributed by atoms with Crippen LogP contribution < -0.4 is 11.1 Å². The highest BCUT2D eigenvalue weighted by molar-refractivity contribution is 5.46. The number of para-hydroxylation sites is 1. The van der Waals surface area contributed by atoms with Gasteiger partial charge in [0.1, 0.15) is 0 Å². The van der Waals surface area contributed by atoms with Gasteiger partial charge in [0.25, 0.3) is 0 Å². The van der Waals surface area contributed by atoms with Gasteiger partial charge < -0.3 is 11.1 Å². The molecule has 3 N–H and O–H groups in total. The molecule has 10 heavy (non-hydrogen) atoms. The lowest BCUT2D eigenvalue weighted by Gasteiger charge is -1.93. The molecule has 0 aliphatic rings. The van der Waals surface area contributed by atoms with Crippen LogP contribution in [0.3, 0.4) is 0 Å². The molecule has 0 fully saturated rings. The van der Waals surface area contributed by atoms with E-state index in [0.29, 0.717) is 0 Å². The normalized spacial score (nSPS) is 7.60. The Labute approximate surface area is 60.1 Å². The van der Waals surface area contributed by atoms with Gasteiger partial charge in [-0.25, -0.2) is 0 Å². The SMILES string of the molecule is NC#CNc1ccccc1. The molecule has 0 bridgehead atoms. The molecule has 0 aliphatic carbocycles. The molecule has 0 unspecified atom stereocenters. The van der Waals surface area contributed by atoms with Crippen molar-refractivity contribution in [3.63, 3.8) is 0 Å². The second-order valence-corrected chi connectivity index (χ2v) is 1.76. The molecular weight excluding hydrogens is 124 g/mol. The maximum atomic E-state index is 4.95. The van der Waals surface area contributed by atoms with Gasteiger partial charge in [-0.1, -0.05) is 18.2 Å². The second-order valence-electron chi connectivity index (χ2n) is 1.76. The van der Waals surface area contributed by atoms with Crippen LogP contribution in [0.5, 0.6) is 0 Å². The summed E-state index contributed by atoms with van der Waals surface area (Å²) < 4.78 is 0. The topological polar surface area (TPSA) is 38.0 Å². The molecule has 0 saturated heterocycles. The van der Waals surface area contributed by atoms with Crippen LogP contribution in [0.15, 0.2) is 30.3 Å². The molecule has 1 rings (SSSR count). The Morgan fingerprint density at radius 1 is 1.20 bits per heavy atom. The maximum Gasteiger partial charge on any atom is 0.0459 e. The number of hydrogen-bond donors (Lipinski definition) is 2. The lowest BCUT2D eigenvalue weighted by atomic mass is 10.3. The van der Waals surface area contributed by atoms with Crippen molar-refractivity contribution in [3.05, 3.63) is 30.3 Å². The Bertz CT molecular complexity index is 243. The Morgan fingerprint density at radius 2 is 1.90 bits per heavy atom. The van der Waals surface area contributed by atoms with E-state index in [-0.39, 0.29) is 0 Å². The molecule has 0 aliphatic heterocycles. The number of rotatable bonds is 1. The first-order chi connectivity index (χ1) is 4.93. The third-order valence-electron chi connectivity index (χ3n) is 1.05. The van der Waals surface area contributed by atoms with Crippen molar-refractivity contribution < 1.29 is 0 Å². The number of anilines is 1. The maximum absolute atomic E-state index is 4.95. The fourth-order valence-electron chi connectivity index (χ4n) is 0.630. The molecule has 0 atom stereocenters. The standard InChI is InChI=1S/C8H8N2/c9-6-7-10-8-4-2-1-3-5-8/h1-5,10H,9H2. The fourth-order valence-corrected chi connectivity index (χ4v) is 0.630. The van der Waals surface area contributed by atoms with Crippen molar-refractivity contribution in [2.75, 3.05) is 5.32 Å². The van der Waals surface area contributed by atoms with Crippen LogP contribution in [0.25, 0.3) is 0 Å². The van der Waals surface area contributed by atoms with Crippen LogP contribution in [0.4, 0.5) is 5.69 Å². The Morgan fingerprint density at radius 3 is 2.50 bits per heavy atom. The summed E-state index contributed by atoms with van der Waals surface area (Å²) in [5.74, 6) is 0. The van der Waals surface area contributed by atoms with Gasteiger partial charge in [-0.15, -0.1) is 0 Å². The van der Waals surface area contributed by atoms with Crippen LogP contribution >= 0.6 is 0 Å². The number of nitrogens with one attached hydrogen (secondary N) is 1. The zero-order valence-corrected chi connectivity index (χ0v) is 5.46. The van der Waals surface area contributed by atoms with Gasteiger partial charge in [-0.3, -0.25) is 0 Å². The van der Waals surface area contributed by atoms with E-state index in [1.165, 1.54) is 0 Å². The largest absolute Gasteiger partial charge is 0.358 e. The van der Waals surface area contributed by atoms with Crippen molar-refractivity contribution in [2.45, 2.75) is 0 Å². The smallest absolute Gasteiger partial charge is 0.0459 e. The average Bonchev–Trinajstić information content (AvgIpc) is 2.03. The summed E-state index contributed by atoms with van der Waals surface area (Å²) in [7, 11) is 0.